The van der Waals surface area contributed by atoms with Gasteiger partial charge in [0, 0.05) is 6.42 Å². The number of carbonyl (C=O) groups excluding carboxylic acids is 2. The molecule has 0 saturated heterocycles. The smallest absolute Gasteiger partial charge is 0.220 e. The lowest BCUT2D eigenvalue weighted by atomic mass is 10.2. The highest BCUT2D eigenvalue weighted by Gasteiger charge is 2.09. The molecule has 0 aromatic carbocycles. The van der Waals surface area contributed by atoms with Crippen molar-refractivity contribution in [1.82, 2.24) is 5.32 Å². The molecule has 13 heavy (non-hydrogen) atoms. The van der Waals surface area contributed by atoms with Gasteiger partial charge in [0.2, 0.25) is 5.91 Å². The quantitative estimate of drug-likeness (QED) is 0.640. The van der Waals surface area contributed by atoms with Crippen LogP contribution in [-0.2, 0) is 9.59 Å². The second-order valence-corrected chi connectivity index (χ2v) is 3.36. The summed E-state index contributed by atoms with van der Waals surface area (Å²) in [6.07, 6.45) is 3.62. The summed E-state index contributed by atoms with van der Waals surface area (Å²) in [6, 6.07) is -0.339. The molecule has 1 N–H and O–H groups in total. The minimum absolute atomic E-state index is 0.00356. The van der Waals surface area contributed by atoms with E-state index >= 15 is 0 Å². The molecule has 0 rings (SSSR count). The molecule has 0 bridgehead atoms. The average Bonchev–Trinajstić information content (AvgIpc) is 2.04. The van der Waals surface area contributed by atoms with Gasteiger partial charge in [-0.1, -0.05) is 19.8 Å². The number of rotatable bonds is 6. The third-order valence-electron chi connectivity index (χ3n) is 1.99. The Bertz CT molecular complexity index is 178. The van der Waals surface area contributed by atoms with Crippen LogP contribution in [0.4, 0.5) is 0 Å². The summed E-state index contributed by atoms with van der Waals surface area (Å²) in [5, 5.41) is 2.65. The molecule has 0 aromatic rings. The fourth-order valence-corrected chi connectivity index (χ4v) is 0.951. The second-order valence-electron chi connectivity index (χ2n) is 3.36. The number of Topliss-reactive ketones (excluding diaryl/α,β-unsaturated/α-hetero) is 1. The highest BCUT2D eigenvalue weighted by molar-refractivity contribution is 5.86. The van der Waals surface area contributed by atoms with Gasteiger partial charge in [-0.3, -0.25) is 9.59 Å². The van der Waals surface area contributed by atoms with Crippen molar-refractivity contribution in [3.05, 3.63) is 0 Å². The molecule has 3 nitrogen and oxygen atoms in total. The molecule has 0 fully saturated rings. The summed E-state index contributed by atoms with van der Waals surface area (Å²) in [5.41, 5.74) is 0. The molecule has 1 amide bonds. The number of hydrogen-bond donors (Lipinski definition) is 1. The van der Waals surface area contributed by atoms with Gasteiger partial charge in [-0.05, 0) is 20.3 Å². The zero-order valence-electron chi connectivity index (χ0n) is 8.72. The predicted molar refractivity (Wildman–Crippen MR) is 52.4 cm³/mol. The Hall–Kier alpha value is -0.860. The van der Waals surface area contributed by atoms with Crippen molar-refractivity contribution in [3.63, 3.8) is 0 Å². The SMILES string of the molecule is CCCCCC(=O)NC(C)C(C)=O. The van der Waals surface area contributed by atoms with Crippen molar-refractivity contribution < 1.29 is 9.59 Å². The molecule has 0 radical (unpaired) electrons. The number of ketones is 1. The zero-order chi connectivity index (χ0) is 10.3. The van der Waals surface area contributed by atoms with E-state index in [2.05, 4.69) is 12.2 Å². The Balaban J connectivity index is 3.56. The van der Waals surface area contributed by atoms with E-state index in [1.54, 1.807) is 6.92 Å². The topological polar surface area (TPSA) is 46.2 Å². The van der Waals surface area contributed by atoms with Crippen LogP contribution < -0.4 is 5.32 Å². The van der Waals surface area contributed by atoms with Crippen LogP contribution in [0.1, 0.15) is 46.5 Å². The third-order valence-corrected chi connectivity index (χ3v) is 1.99. The van der Waals surface area contributed by atoms with Gasteiger partial charge < -0.3 is 5.32 Å². The minimum atomic E-state index is -0.339. The summed E-state index contributed by atoms with van der Waals surface area (Å²) < 4.78 is 0. The van der Waals surface area contributed by atoms with E-state index in [1.807, 2.05) is 0 Å². The van der Waals surface area contributed by atoms with Crippen molar-refractivity contribution >= 4 is 11.7 Å². The number of carbonyl (C=O) groups is 2. The van der Waals surface area contributed by atoms with Gasteiger partial charge in [0.25, 0.3) is 0 Å². The van der Waals surface area contributed by atoms with Crippen LogP contribution in [0.2, 0.25) is 0 Å². The number of nitrogens with one attached hydrogen (secondary N) is 1. The van der Waals surface area contributed by atoms with Gasteiger partial charge in [0.05, 0.1) is 6.04 Å². The molecule has 1 unspecified atom stereocenters. The van der Waals surface area contributed by atoms with Crippen molar-refractivity contribution in [2.24, 2.45) is 0 Å². The van der Waals surface area contributed by atoms with E-state index in [9.17, 15) is 9.59 Å². The molecule has 0 aromatic heterocycles. The van der Waals surface area contributed by atoms with Crippen LogP contribution in [0.3, 0.4) is 0 Å². The molecular weight excluding hydrogens is 166 g/mol. The number of hydrogen-bond acceptors (Lipinski definition) is 2. The van der Waals surface area contributed by atoms with Crippen LogP contribution in [-0.4, -0.2) is 17.7 Å². The fourth-order valence-electron chi connectivity index (χ4n) is 0.951. The molecule has 76 valence electrons. The van der Waals surface area contributed by atoms with Gasteiger partial charge in [-0.25, -0.2) is 0 Å². The Morgan fingerprint density at radius 2 is 1.92 bits per heavy atom. The molecular formula is C10H19NO2. The van der Waals surface area contributed by atoms with Crippen LogP contribution >= 0.6 is 0 Å². The molecule has 0 aliphatic heterocycles. The number of amides is 1. The molecule has 0 heterocycles. The lowest BCUT2D eigenvalue weighted by Gasteiger charge is -2.09. The van der Waals surface area contributed by atoms with Gasteiger partial charge in [-0.2, -0.15) is 0 Å². The van der Waals surface area contributed by atoms with Crippen molar-refractivity contribution in [2.45, 2.75) is 52.5 Å². The highest BCUT2D eigenvalue weighted by Crippen LogP contribution is 1.98. The average molecular weight is 185 g/mol. The minimum Gasteiger partial charge on any atom is -0.347 e. The van der Waals surface area contributed by atoms with Crippen molar-refractivity contribution in [1.29, 1.82) is 0 Å². The Labute approximate surface area is 79.9 Å². The second kappa shape index (κ2) is 6.63. The monoisotopic (exact) mass is 185 g/mol. The maximum atomic E-state index is 11.2. The standard InChI is InChI=1S/C10H19NO2/c1-4-5-6-7-10(13)11-8(2)9(3)12/h8H,4-7H2,1-3H3,(H,11,13). The third kappa shape index (κ3) is 6.31. The molecule has 3 heteroatoms. The first-order chi connectivity index (χ1) is 6.07. The van der Waals surface area contributed by atoms with E-state index < -0.39 is 0 Å². The first-order valence-corrected chi connectivity index (χ1v) is 4.87. The first kappa shape index (κ1) is 12.1. The van der Waals surface area contributed by atoms with E-state index in [-0.39, 0.29) is 17.7 Å². The summed E-state index contributed by atoms with van der Waals surface area (Å²) in [4.78, 5) is 22.0. The maximum Gasteiger partial charge on any atom is 0.220 e. The van der Waals surface area contributed by atoms with E-state index in [0.717, 1.165) is 19.3 Å². The Kier molecular flexibility index (Phi) is 6.20. The van der Waals surface area contributed by atoms with Crippen LogP contribution in [0, 0.1) is 0 Å². The zero-order valence-corrected chi connectivity index (χ0v) is 8.72. The Morgan fingerprint density at radius 3 is 2.38 bits per heavy atom. The highest BCUT2D eigenvalue weighted by atomic mass is 16.2. The van der Waals surface area contributed by atoms with Crippen molar-refractivity contribution in [3.8, 4) is 0 Å². The molecule has 0 aliphatic rings. The lowest BCUT2D eigenvalue weighted by molar-refractivity contribution is -0.126. The van der Waals surface area contributed by atoms with E-state index in [1.165, 1.54) is 6.92 Å². The first-order valence-electron chi connectivity index (χ1n) is 4.87. The normalized spacial score (nSPS) is 12.2. The van der Waals surface area contributed by atoms with Gasteiger partial charge in [0.1, 0.15) is 0 Å². The van der Waals surface area contributed by atoms with Crippen LogP contribution in [0.25, 0.3) is 0 Å². The van der Waals surface area contributed by atoms with Gasteiger partial charge in [-0.15, -0.1) is 0 Å². The number of unbranched alkanes of at least 4 members (excludes halogenated alkanes) is 2. The van der Waals surface area contributed by atoms with Crippen LogP contribution in [0.15, 0.2) is 0 Å². The summed E-state index contributed by atoms with van der Waals surface area (Å²) >= 11 is 0. The summed E-state index contributed by atoms with van der Waals surface area (Å²) in [5.74, 6) is -0.0139. The Morgan fingerprint density at radius 1 is 1.31 bits per heavy atom. The maximum absolute atomic E-state index is 11.2. The van der Waals surface area contributed by atoms with E-state index in [0.29, 0.717) is 6.42 Å². The van der Waals surface area contributed by atoms with Crippen LogP contribution in [0.5, 0.6) is 0 Å². The van der Waals surface area contributed by atoms with Crippen molar-refractivity contribution in [2.75, 3.05) is 0 Å². The van der Waals surface area contributed by atoms with E-state index in [4.69, 9.17) is 0 Å². The fraction of sp³-hybridized carbons (Fsp3) is 0.800. The molecule has 1 atom stereocenters. The summed E-state index contributed by atoms with van der Waals surface area (Å²) in [7, 11) is 0. The lowest BCUT2D eigenvalue weighted by Crippen LogP contribution is -2.37. The van der Waals surface area contributed by atoms with Gasteiger partial charge >= 0.3 is 0 Å². The molecule has 0 spiro atoms. The largest absolute Gasteiger partial charge is 0.347 e. The summed E-state index contributed by atoms with van der Waals surface area (Å²) in [6.45, 7) is 5.28. The predicted octanol–water partition coefficient (Wildman–Crippen LogP) is 1.66. The van der Waals surface area contributed by atoms with Gasteiger partial charge in [0.15, 0.2) is 5.78 Å². The molecule has 0 aliphatic carbocycles. The molecule has 0 saturated carbocycles.